The van der Waals surface area contributed by atoms with Crippen LogP contribution in [0.3, 0.4) is 0 Å². The minimum absolute atomic E-state index is 0.132. The number of carbonyl (C=O) groups is 1. The van der Waals surface area contributed by atoms with Gasteiger partial charge in [0.25, 0.3) is 0 Å². The molecule has 0 amide bonds. The predicted molar refractivity (Wildman–Crippen MR) is 52.4 cm³/mol. The largest absolute Gasteiger partial charge is 0.508 e. The van der Waals surface area contributed by atoms with Gasteiger partial charge in [0.05, 0.1) is 6.10 Å². The number of carbonyl (C=O) groups excluding carboxylic acids is 1. The van der Waals surface area contributed by atoms with Crippen molar-refractivity contribution in [3.05, 3.63) is 35.9 Å². The zero-order valence-corrected chi connectivity index (χ0v) is 8.13. The molecule has 4 heteroatoms. The van der Waals surface area contributed by atoms with Gasteiger partial charge in [0, 0.05) is 6.42 Å². The van der Waals surface area contributed by atoms with Crippen LogP contribution in [0.2, 0.25) is 0 Å². The second kappa shape index (κ2) is 4.31. The molecule has 0 saturated carbocycles. The number of aliphatic hydroxyl groups excluding tert-OH is 1. The Hall–Kier alpha value is -1.55. The van der Waals surface area contributed by atoms with E-state index in [4.69, 9.17) is 4.74 Å². The second-order valence-corrected chi connectivity index (χ2v) is 3.47. The van der Waals surface area contributed by atoms with E-state index in [1.165, 1.54) is 0 Å². The molecule has 0 bridgehead atoms. The van der Waals surface area contributed by atoms with Gasteiger partial charge in [-0.2, -0.15) is 0 Å². The summed E-state index contributed by atoms with van der Waals surface area (Å²) in [6.45, 7) is 0.132. The van der Waals surface area contributed by atoms with Crippen LogP contribution in [-0.4, -0.2) is 30.1 Å². The normalized spacial score (nSPS) is 21.9. The Labute approximate surface area is 87.4 Å². The number of cyclic esters (lactones) is 2. The van der Waals surface area contributed by atoms with E-state index in [0.29, 0.717) is 6.42 Å². The maximum atomic E-state index is 10.7. The topological polar surface area (TPSA) is 55.8 Å². The fourth-order valence-corrected chi connectivity index (χ4v) is 1.52. The fourth-order valence-electron chi connectivity index (χ4n) is 1.52. The molecule has 1 aliphatic rings. The van der Waals surface area contributed by atoms with Crippen molar-refractivity contribution in [3.63, 3.8) is 0 Å². The lowest BCUT2D eigenvalue weighted by Gasteiger charge is -2.14. The SMILES string of the molecule is O=C1OC[C@H]([C@@H](O)Cc2ccccc2)O1. The quantitative estimate of drug-likeness (QED) is 0.756. The lowest BCUT2D eigenvalue weighted by Crippen LogP contribution is -2.30. The molecule has 0 spiro atoms. The zero-order valence-electron chi connectivity index (χ0n) is 8.13. The number of ether oxygens (including phenoxy) is 2. The second-order valence-electron chi connectivity index (χ2n) is 3.47. The molecular formula is C11H12O4. The van der Waals surface area contributed by atoms with Gasteiger partial charge in [-0.15, -0.1) is 0 Å². The highest BCUT2D eigenvalue weighted by molar-refractivity contribution is 5.61. The van der Waals surface area contributed by atoms with E-state index in [1.54, 1.807) is 0 Å². The highest BCUT2D eigenvalue weighted by atomic mass is 16.8. The van der Waals surface area contributed by atoms with Gasteiger partial charge >= 0.3 is 6.16 Å². The van der Waals surface area contributed by atoms with E-state index < -0.39 is 18.4 Å². The molecular weight excluding hydrogens is 196 g/mol. The van der Waals surface area contributed by atoms with Crippen molar-refractivity contribution in [3.8, 4) is 0 Å². The molecule has 2 rings (SSSR count). The summed E-state index contributed by atoms with van der Waals surface area (Å²) >= 11 is 0. The first-order chi connectivity index (χ1) is 7.25. The van der Waals surface area contributed by atoms with Crippen LogP contribution in [0.25, 0.3) is 0 Å². The highest BCUT2D eigenvalue weighted by Crippen LogP contribution is 2.14. The molecule has 0 unspecified atom stereocenters. The molecule has 4 nitrogen and oxygen atoms in total. The summed E-state index contributed by atoms with van der Waals surface area (Å²) in [6.07, 6.45) is -1.49. The van der Waals surface area contributed by atoms with Crippen LogP contribution in [0, 0.1) is 0 Å². The molecule has 1 N–H and O–H groups in total. The van der Waals surface area contributed by atoms with Crippen LogP contribution in [0.15, 0.2) is 30.3 Å². The first kappa shape index (κ1) is 9.98. The van der Waals surface area contributed by atoms with Crippen LogP contribution in [0.5, 0.6) is 0 Å². The van der Waals surface area contributed by atoms with Gasteiger partial charge in [0.1, 0.15) is 6.61 Å². The average molecular weight is 208 g/mol. The maximum Gasteiger partial charge on any atom is 0.508 e. The lowest BCUT2D eigenvalue weighted by atomic mass is 10.0. The number of benzene rings is 1. The lowest BCUT2D eigenvalue weighted by molar-refractivity contribution is 0.0331. The molecule has 0 aliphatic carbocycles. The first-order valence-electron chi connectivity index (χ1n) is 4.81. The Morgan fingerprint density at radius 1 is 1.40 bits per heavy atom. The number of hydrogen-bond acceptors (Lipinski definition) is 4. The van der Waals surface area contributed by atoms with Crippen LogP contribution < -0.4 is 0 Å². The van der Waals surface area contributed by atoms with Gasteiger partial charge in [-0.25, -0.2) is 4.79 Å². The van der Waals surface area contributed by atoms with Gasteiger partial charge < -0.3 is 14.6 Å². The van der Waals surface area contributed by atoms with Crippen molar-refractivity contribution >= 4 is 6.16 Å². The Kier molecular flexibility index (Phi) is 2.87. The van der Waals surface area contributed by atoms with E-state index in [0.717, 1.165) is 5.56 Å². The molecule has 1 fully saturated rings. The van der Waals surface area contributed by atoms with E-state index >= 15 is 0 Å². The molecule has 1 heterocycles. The van der Waals surface area contributed by atoms with Crippen LogP contribution in [0.1, 0.15) is 5.56 Å². The molecule has 2 atom stereocenters. The van der Waals surface area contributed by atoms with Crippen molar-refractivity contribution in [2.24, 2.45) is 0 Å². The molecule has 0 radical (unpaired) electrons. The third kappa shape index (κ3) is 2.47. The third-order valence-electron chi connectivity index (χ3n) is 2.33. The Morgan fingerprint density at radius 2 is 2.13 bits per heavy atom. The van der Waals surface area contributed by atoms with Crippen molar-refractivity contribution in [2.45, 2.75) is 18.6 Å². The number of hydrogen-bond donors (Lipinski definition) is 1. The summed E-state index contributed by atoms with van der Waals surface area (Å²) in [4.78, 5) is 10.7. The van der Waals surface area contributed by atoms with E-state index in [9.17, 15) is 9.90 Å². The fraction of sp³-hybridized carbons (Fsp3) is 0.364. The Morgan fingerprint density at radius 3 is 2.73 bits per heavy atom. The Balaban J connectivity index is 1.92. The Bertz CT molecular complexity index is 336. The molecule has 1 aliphatic heterocycles. The molecule has 0 aromatic heterocycles. The van der Waals surface area contributed by atoms with Crippen molar-refractivity contribution in [1.29, 1.82) is 0 Å². The summed E-state index contributed by atoms with van der Waals surface area (Å²) in [5.74, 6) is 0. The summed E-state index contributed by atoms with van der Waals surface area (Å²) in [6, 6.07) is 9.55. The van der Waals surface area contributed by atoms with Crippen molar-refractivity contribution in [1.82, 2.24) is 0 Å². The number of aliphatic hydroxyl groups is 1. The maximum absolute atomic E-state index is 10.7. The number of rotatable bonds is 3. The summed E-state index contributed by atoms with van der Waals surface area (Å²) in [5, 5.41) is 9.76. The first-order valence-corrected chi connectivity index (χ1v) is 4.81. The smallest absolute Gasteiger partial charge is 0.430 e. The van der Waals surface area contributed by atoms with Gasteiger partial charge in [0.15, 0.2) is 6.10 Å². The molecule has 1 aromatic rings. The van der Waals surface area contributed by atoms with Crippen LogP contribution in [0.4, 0.5) is 4.79 Å². The summed E-state index contributed by atoms with van der Waals surface area (Å²) in [7, 11) is 0. The monoisotopic (exact) mass is 208 g/mol. The predicted octanol–water partition coefficient (Wildman–Crippen LogP) is 1.13. The van der Waals surface area contributed by atoms with Crippen molar-refractivity contribution in [2.75, 3.05) is 6.61 Å². The molecule has 15 heavy (non-hydrogen) atoms. The minimum atomic E-state index is -0.709. The van der Waals surface area contributed by atoms with Gasteiger partial charge in [-0.1, -0.05) is 30.3 Å². The van der Waals surface area contributed by atoms with E-state index in [2.05, 4.69) is 4.74 Å². The van der Waals surface area contributed by atoms with Crippen LogP contribution >= 0.6 is 0 Å². The highest BCUT2D eigenvalue weighted by Gasteiger charge is 2.31. The minimum Gasteiger partial charge on any atom is -0.430 e. The van der Waals surface area contributed by atoms with E-state index in [1.807, 2.05) is 30.3 Å². The summed E-state index contributed by atoms with van der Waals surface area (Å²) in [5.41, 5.74) is 1.01. The van der Waals surface area contributed by atoms with E-state index in [-0.39, 0.29) is 6.61 Å². The molecule has 1 aromatic carbocycles. The third-order valence-corrected chi connectivity index (χ3v) is 2.33. The van der Waals surface area contributed by atoms with Gasteiger partial charge in [-0.3, -0.25) is 0 Å². The average Bonchev–Trinajstić information content (AvgIpc) is 2.66. The van der Waals surface area contributed by atoms with Gasteiger partial charge in [-0.05, 0) is 5.56 Å². The van der Waals surface area contributed by atoms with Crippen molar-refractivity contribution < 1.29 is 19.4 Å². The molecule has 1 saturated heterocycles. The summed E-state index contributed by atoms with van der Waals surface area (Å²) < 4.78 is 9.39. The van der Waals surface area contributed by atoms with Crippen LogP contribution in [-0.2, 0) is 15.9 Å². The van der Waals surface area contributed by atoms with Gasteiger partial charge in [0.2, 0.25) is 0 Å². The molecule has 80 valence electrons. The zero-order chi connectivity index (χ0) is 10.7. The standard InChI is InChI=1S/C11H12O4/c12-9(10-7-14-11(13)15-10)6-8-4-2-1-3-5-8/h1-5,9-10,12H,6-7H2/t9-,10+/m0/s1.